The van der Waals surface area contributed by atoms with Gasteiger partial charge in [0.1, 0.15) is 17.6 Å². The molecule has 3 heterocycles. The molecule has 2 bridgehead atoms. The topological polar surface area (TPSA) is 38.2 Å². The molecule has 0 amide bonds. The van der Waals surface area contributed by atoms with Crippen molar-refractivity contribution in [2.45, 2.75) is 89.2 Å². The smallest absolute Gasteiger partial charge is 0.420 e. The third-order valence-electron chi connectivity index (χ3n) is 8.65. The molecule has 1 saturated carbocycles. The van der Waals surface area contributed by atoms with E-state index < -0.39 is 11.7 Å². The molecule has 2 fully saturated rings. The van der Waals surface area contributed by atoms with Crippen LogP contribution in [0.3, 0.4) is 0 Å². The van der Waals surface area contributed by atoms with Crippen molar-refractivity contribution in [3.05, 3.63) is 65.2 Å². The molecule has 3 atom stereocenters. The molecule has 2 aromatic carbocycles. The molecule has 1 aromatic heterocycles. The number of hydrogen-bond donors (Lipinski definition) is 0. The van der Waals surface area contributed by atoms with Gasteiger partial charge < -0.3 is 4.74 Å². The Hall–Kier alpha value is -2.67. The molecule has 1 aliphatic carbocycles. The third kappa shape index (κ3) is 4.15. The SMILES string of the molecule is CC1CCC(Oc2ccc3ccc(C(C)N4C5CCC4c4cncnc4C5)cc3c2C(F)(F)F)CC1. The van der Waals surface area contributed by atoms with E-state index in [1.54, 1.807) is 18.5 Å². The fraction of sp³-hybridized carbons (Fsp3) is 0.517. The van der Waals surface area contributed by atoms with Gasteiger partial charge in [0.15, 0.2) is 0 Å². The first-order chi connectivity index (χ1) is 17.3. The highest BCUT2D eigenvalue weighted by atomic mass is 19.4. The Morgan fingerprint density at radius 3 is 2.58 bits per heavy atom. The van der Waals surface area contributed by atoms with Gasteiger partial charge in [0.05, 0.1) is 11.8 Å². The molecular weight excluding hydrogens is 463 g/mol. The van der Waals surface area contributed by atoms with E-state index in [9.17, 15) is 13.2 Å². The van der Waals surface area contributed by atoms with Crippen LogP contribution in [0.4, 0.5) is 13.2 Å². The molecule has 0 radical (unpaired) electrons. The molecular formula is C29H32F3N3O. The van der Waals surface area contributed by atoms with Crippen molar-refractivity contribution in [3.8, 4) is 5.75 Å². The normalized spacial score (nSPS) is 27.1. The first-order valence-electron chi connectivity index (χ1n) is 13.2. The summed E-state index contributed by atoms with van der Waals surface area (Å²) in [6, 6.07) is 9.34. The van der Waals surface area contributed by atoms with Crippen LogP contribution in [0.2, 0.25) is 0 Å². The van der Waals surface area contributed by atoms with Gasteiger partial charge >= 0.3 is 6.18 Å². The zero-order chi connectivity index (χ0) is 25.0. The van der Waals surface area contributed by atoms with E-state index in [0.717, 1.165) is 61.8 Å². The average Bonchev–Trinajstić information content (AvgIpc) is 3.18. The van der Waals surface area contributed by atoms with E-state index >= 15 is 0 Å². The number of nitrogens with zero attached hydrogens (tertiary/aromatic N) is 3. The second-order valence-electron chi connectivity index (χ2n) is 10.9. The van der Waals surface area contributed by atoms with E-state index in [2.05, 4.69) is 28.7 Å². The number of alkyl halides is 3. The Morgan fingerprint density at radius 1 is 1.03 bits per heavy atom. The Balaban J connectivity index is 1.36. The summed E-state index contributed by atoms with van der Waals surface area (Å²) in [7, 11) is 0. The molecule has 36 heavy (non-hydrogen) atoms. The van der Waals surface area contributed by atoms with E-state index in [1.807, 2.05) is 18.3 Å². The fourth-order valence-corrected chi connectivity index (χ4v) is 6.72. The summed E-state index contributed by atoms with van der Waals surface area (Å²) in [5.41, 5.74) is 2.52. The summed E-state index contributed by atoms with van der Waals surface area (Å²) in [4.78, 5) is 11.2. The second-order valence-corrected chi connectivity index (χ2v) is 10.9. The zero-order valence-corrected chi connectivity index (χ0v) is 20.8. The van der Waals surface area contributed by atoms with Crippen molar-refractivity contribution in [2.24, 2.45) is 5.92 Å². The number of rotatable bonds is 4. The molecule has 7 heteroatoms. The number of ether oxygens (including phenoxy) is 1. The maximum absolute atomic E-state index is 14.5. The van der Waals surface area contributed by atoms with Crippen LogP contribution in [-0.4, -0.2) is 27.0 Å². The molecule has 3 aromatic rings. The Morgan fingerprint density at radius 2 is 1.81 bits per heavy atom. The lowest BCUT2D eigenvalue weighted by molar-refractivity contribution is -0.138. The lowest BCUT2D eigenvalue weighted by atomic mass is 9.89. The van der Waals surface area contributed by atoms with Crippen LogP contribution in [0.25, 0.3) is 10.8 Å². The molecule has 0 N–H and O–H groups in total. The summed E-state index contributed by atoms with van der Waals surface area (Å²) >= 11 is 0. The van der Waals surface area contributed by atoms with Crippen molar-refractivity contribution < 1.29 is 17.9 Å². The molecule has 3 aliphatic rings. The van der Waals surface area contributed by atoms with Crippen LogP contribution in [0.15, 0.2) is 42.9 Å². The Kier molecular flexibility index (Phi) is 5.94. The van der Waals surface area contributed by atoms with Gasteiger partial charge in [0.25, 0.3) is 0 Å². The highest BCUT2D eigenvalue weighted by Gasteiger charge is 2.43. The lowest BCUT2D eigenvalue weighted by Gasteiger charge is -2.40. The molecule has 3 unspecified atom stereocenters. The molecule has 4 nitrogen and oxygen atoms in total. The average molecular weight is 496 g/mol. The number of benzene rings is 2. The first kappa shape index (κ1) is 23.7. The zero-order valence-electron chi connectivity index (χ0n) is 20.8. The molecule has 2 aliphatic heterocycles. The summed E-state index contributed by atoms with van der Waals surface area (Å²) in [6.07, 6.45) is 5.39. The molecule has 6 rings (SSSR count). The van der Waals surface area contributed by atoms with E-state index in [1.165, 1.54) is 6.07 Å². The maximum Gasteiger partial charge on any atom is 0.420 e. The van der Waals surface area contributed by atoms with Crippen LogP contribution in [0.5, 0.6) is 5.75 Å². The fourth-order valence-electron chi connectivity index (χ4n) is 6.72. The van der Waals surface area contributed by atoms with Gasteiger partial charge in [-0.05, 0) is 79.8 Å². The van der Waals surface area contributed by atoms with Gasteiger partial charge in [-0.1, -0.05) is 25.1 Å². The predicted molar refractivity (Wildman–Crippen MR) is 133 cm³/mol. The van der Waals surface area contributed by atoms with E-state index in [-0.39, 0.29) is 29.3 Å². The minimum Gasteiger partial charge on any atom is -0.490 e. The largest absolute Gasteiger partial charge is 0.490 e. The van der Waals surface area contributed by atoms with Crippen LogP contribution in [-0.2, 0) is 12.6 Å². The van der Waals surface area contributed by atoms with Crippen molar-refractivity contribution in [1.29, 1.82) is 0 Å². The van der Waals surface area contributed by atoms with E-state index in [0.29, 0.717) is 17.3 Å². The number of aromatic nitrogens is 2. The number of halogens is 3. The lowest BCUT2D eigenvalue weighted by Crippen LogP contribution is -2.39. The van der Waals surface area contributed by atoms with Crippen molar-refractivity contribution in [1.82, 2.24) is 14.9 Å². The molecule has 190 valence electrons. The summed E-state index contributed by atoms with van der Waals surface area (Å²) in [5.74, 6) is 0.569. The summed E-state index contributed by atoms with van der Waals surface area (Å²) in [6.45, 7) is 4.30. The van der Waals surface area contributed by atoms with Crippen LogP contribution in [0.1, 0.15) is 86.8 Å². The Labute approximate surface area is 209 Å². The first-order valence-corrected chi connectivity index (χ1v) is 13.2. The van der Waals surface area contributed by atoms with Crippen LogP contribution < -0.4 is 4.74 Å². The van der Waals surface area contributed by atoms with Crippen LogP contribution in [0, 0.1) is 5.92 Å². The van der Waals surface area contributed by atoms with Gasteiger partial charge in [-0.2, -0.15) is 13.2 Å². The van der Waals surface area contributed by atoms with Gasteiger partial charge in [-0.25, -0.2) is 9.97 Å². The Bertz CT molecular complexity index is 1270. The minimum atomic E-state index is -4.50. The number of hydrogen-bond acceptors (Lipinski definition) is 4. The van der Waals surface area contributed by atoms with Gasteiger partial charge in [0.2, 0.25) is 0 Å². The maximum atomic E-state index is 14.5. The molecule has 0 spiro atoms. The number of fused-ring (bicyclic) bond motifs is 5. The molecule has 1 saturated heterocycles. The quantitative estimate of drug-likeness (QED) is 0.377. The van der Waals surface area contributed by atoms with Crippen molar-refractivity contribution in [2.75, 3.05) is 0 Å². The minimum absolute atomic E-state index is 0.0225. The van der Waals surface area contributed by atoms with Crippen LogP contribution >= 0.6 is 0 Å². The van der Waals surface area contributed by atoms with Gasteiger partial charge in [-0.3, -0.25) is 4.90 Å². The standard InChI is InChI=1S/C29H32F3N3O/c1-17-3-9-22(10-4-17)36-27-12-7-19-5-6-20(13-23(19)28(27)29(30,31)32)18(2)35-21-8-11-26(35)24-15-33-16-34-25(24)14-21/h5-7,12-13,15-18,21-22,26H,3-4,8-11,14H2,1-2H3. The monoisotopic (exact) mass is 495 g/mol. The van der Waals surface area contributed by atoms with Crippen molar-refractivity contribution >= 4 is 10.8 Å². The van der Waals surface area contributed by atoms with Crippen molar-refractivity contribution in [3.63, 3.8) is 0 Å². The third-order valence-corrected chi connectivity index (χ3v) is 8.65. The predicted octanol–water partition coefficient (Wildman–Crippen LogP) is 7.43. The highest BCUT2D eigenvalue weighted by molar-refractivity contribution is 5.89. The second kappa shape index (κ2) is 9.02. The van der Waals surface area contributed by atoms with Gasteiger partial charge in [-0.15, -0.1) is 0 Å². The summed E-state index contributed by atoms with van der Waals surface area (Å²) < 4.78 is 49.5. The van der Waals surface area contributed by atoms with E-state index in [4.69, 9.17) is 4.74 Å². The summed E-state index contributed by atoms with van der Waals surface area (Å²) in [5, 5.41) is 0.810. The highest BCUT2D eigenvalue weighted by Crippen LogP contribution is 2.48. The van der Waals surface area contributed by atoms with Gasteiger partial charge in [0, 0.05) is 36.3 Å².